The second-order valence-electron chi connectivity index (χ2n) is 15.8. The smallest absolute Gasteiger partial charge is 0.306 e. The molecule has 0 fully saturated rings. The summed E-state index contributed by atoms with van der Waals surface area (Å²) >= 11 is 0. The van der Waals surface area contributed by atoms with Crippen LogP contribution in [0.15, 0.2) is 85.1 Å². The van der Waals surface area contributed by atoms with Crippen LogP contribution in [0.5, 0.6) is 0 Å². The quantitative estimate of drug-likeness (QED) is 0.0247. The lowest BCUT2D eigenvalue weighted by atomic mass is 10.0. The predicted molar refractivity (Wildman–Crippen MR) is 250 cm³/mol. The van der Waals surface area contributed by atoms with Crippen LogP contribution in [0.2, 0.25) is 0 Å². The lowest BCUT2D eigenvalue weighted by molar-refractivity contribution is -0.151. The summed E-state index contributed by atoms with van der Waals surface area (Å²) in [6, 6.07) is -0.730. The van der Waals surface area contributed by atoms with E-state index in [4.69, 9.17) is 4.74 Å². The molecule has 332 valence electrons. The molecule has 0 heterocycles. The summed E-state index contributed by atoms with van der Waals surface area (Å²) in [5.41, 5.74) is 0. The number of allylic oxidation sites excluding steroid dienone is 14. The van der Waals surface area contributed by atoms with Gasteiger partial charge in [-0.15, -0.1) is 0 Å². The Balaban J connectivity index is 4.66. The molecular weight excluding hydrogens is 719 g/mol. The molecule has 0 aromatic heterocycles. The maximum atomic E-state index is 13.1. The van der Waals surface area contributed by atoms with Crippen molar-refractivity contribution >= 4 is 11.9 Å². The maximum Gasteiger partial charge on any atom is 0.306 e. The molecule has 6 nitrogen and oxygen atoms in total. The van der Waals surface area contributed by atoms with Gasteiger partial charge in [0.1, 0.15) is 6.10 Å². The fourth-order valence-corrected chi connectivity index (χ4v) is 6.75. The molecular formula is C52H89NO5. The first-order valence-corrected chi connectivity index (χ1v) is 23.9. The SMILES string of the molecule is CC/C=C/C=C/C=C\C=C/CCCC(CC(=O)NC(CO)C(O)CCCCCCCCCCCCCCCC)OC(=O)CCCCCC/C=C/C/C=C/C/C=C/CC. The molecule has 6 heteroatoms. The average molecular weight is 808 g/mol. The van der Waals surface area contributed by atoms with Gasteiger partial charge in [-0.2, -0.15) is 0 Å². The first-order chi connectivity index (χ1) is 28.5. The fraction of sp³-hybridized carbons (Fsp3) is 0.692. The van der Waals surface area contributed by atoms with Gasteiger partial charge in [0.05, 0.1) is 25.2 Å². The van der Waals surface area contributed by atoms with Crippen LogP contribution in [0.1, 0.15) is 207 Å². The third-order valence-electron chi connectivity index (χ3n) is 10.3. The van der Waals surface area contributed by atoms with Crippen molar-refractivity contribution in [3.05, 3.63) is 85.1 Å². The third kappa shape index (κ3) is 39.8. The molecule has 0 rings (SSSR count). The van der Waals surface area contributed by atoms with E-state index in [1.807, 2.05) is 36.5 Å². The van der Waals surface area contributed by atoms with Crippen molar-refractivity contribution in [1.29, 1.82) is 0 Å². The minimum absolute atomic E-state index is 0.0183. The highest BCUT2D eigenvalue weighted by Crippen LogP contribution is 2.16. The van der Waals surface area contributed by atoms with Crippen molar-refractivity contribution in [3.8, 4) is 0 Å². The third-order valence-corrected chi connectivity index (χ3v) is 10.3. The second kappa shape index (κ2) is 45.1. The summed E-state index contributed by atoms with van der Waals surface area (Å²) in [5.74, 6) is -0.576. The highest BCUT2D eigenvalue weighted by atomic mass is 16.5. The van der Waals surface area contributed by atoms with E-state index >= 15 is 0 Å². The van der Waals surface area contributed by atoms with Crippen molar-refractivity contribution in [1.82, 2.24) is 5.32 Å². The van der Waals surface area contributed by atoms with Gasteiger partial charge in [-0.05, 0) is 70.6 Å². The van der Waals surface area contributed by atoms with E-state index in [0.717, 1.165) is 89.9 Å². The van der Waals surface area contributed by atoms with Crippen LogP contribution in [0.3, 0.4) is 0 Å². The van der Waals surface area contributed by atoms with E-state index in [0.29, 0.717) is 19.3 Å². The van der Waals surface area contributed by atoms with E-state index < -0.39 is 18.2 Å². The number of ether oxygens (including phenoxy) is 1. The molecule has 0 spiro atoms. The number of aliphatic hydroxyl groups excluding tert-OH is 2. The summed E-state index contributed by atoms with van der Waals surface area (Å²) in [5, 5.41) is 23.7. The van der Waals surface area contributed by atoms with E-state index in [2.05, 4.69) is 74.7 Å². The van der Waals surface area contributed by atoms with Gasteiger partial charge in [0.15, 0.2) is 0 Å². The standard InChI is InChI=1S/C52H89NO5/c1-4-7-10-13-16-19-22-24-26-29-32-35-38-41-44-50(55)49(47-54)53-51(56)46-48(43-40-37-34-31-28-21-18-15-12-9-6-3)58-52(57)45-42-39-36-33-30-27-25-23-20-17-14-11-8-5-2/h8-9,11-12,15,17-18,20-21,25,27-28,31,34,48-50,54-55H,4-7,10,13-14,16,19,22-24,26,29-30,32-33,35-47H2,1-3H3,(H,53,56)/b11-8+,12-9+,18-15+,20-17+,27-25+,28-21-,34-31-. The summed E-state index contributed by atoms with van der Waals surface area (Å²) in [7, 11) is 0. The number of carbonyl (C=O) groups excluding carboxylic acids is 2. The van der Waals surface area contributed by atoms with Gasteiger partial charge in [-0.1, -0.05) is 209 Å². The number of hydrogen-bond acceptors (Lipinski definition) is 5. The van der Waals surface area contributed by atoms with E-state index in [9.17, 15) is 19.8 Å². The zero-order valence-electron chi connectivity index (χ0n) is 37.6. The number of aliphatic hydroxyl groups is 2. The van der Waals surface area contributed by atoms with Crippen LogP contribution >= 0.6 is 0 Å². The topological polar surface area (TPSA) is 95.9 Å². The maximum absolute atomic E-state index is 13.1. The first kappa shape index (κ1) is 55.0. The predicted octanol–water partition coefficient (Wildman–Crippen LogP) is 14.0. The molecule has 0 radical (unpaired) electrons. The van der Waals surface area contributed by atoms with Gasteiger partial charge < -0.3 is 20.3 Å². The summed E-state index contributed by atoms with van der Waals surface area (Å²) in [6.07, 6.45) is 57.9. The van der Waals surface area contributed by atoms with Gasteiger partial charge in [-0.3, -0.25) is 9.59 Å². The van der Waals surface area contributed by atoms with Gasteiger partial charge in [-0.25, -0.2) is 0 Å². The molecule has 0 aliphatic heterocycles. The lowest BCUT2D eigenvalue weighted by Gasteiger charge is -2.24. The summed E-state index contributed by atoms with van der Waals surface area (Å²) in [6.45, 7) is 6.19. The molecule has 3 unspecified atom stereocenters. The van der Waals surface area contributed by atoms with Gasteiger partial charge in [0.2, 0.25) is 5.91 Å². The highest BCUT2D eigenvalue weighted by Gasteiger charge is 2.24. The zero-order chi connectivity index (χ0) is 42.4. The molecule has 0 aliphatic carbocycles. The summed E-state index contributed by atoms with van der Waals surface area (Å²) < 4.78 is 5.86. The monoisotopic (exact) mass is 808 g/mol. The van der Waals surface area contributed by atoms with Crippen LogP contribution in [0.25, 0.3) is 0 Å². The Hall–Kier alpha value is -2.96. The molecule has 1 amide bonds. The Morgan fingerprint density at radius 2 is 1.03 bits per heavy atom. The molecule has 0 saturated heterocycles. The van der Waals surface area contributed by atoms with Crippen LogP contribution in [-0.4, -0.2) is 46.9 Å². The molecule has 3 N–H and O–H groups in total. The molecule has 3 atom stereocenters. The van der Waals surface area contributed by atoms with Gasteiger partial charge in [0, 0.05) is 6.42 Å². The molecule has 0 aromatic carbocycles. The summed E-state index contributed by atoms with van der Waals surface area (Å²) in [4.78, 5) is 26.0. The molecule has 58 heavy (non-hydrogen) atoms. The van der Waals surface area contributed by atoms with Crippen LogP contribution in [0, 0.1) is 0 Å². The van der Waals surface area contributed by atoms with Crippen molar-refractivity contribution in [2.75, 3.05) is 6.61 Å². The molecule has 0 bridgehead atoms. The minimum Gasteiger partial charge on any atom is -0.462 e. The average Bonchev–Trinajstić information content (AvgIpc) is 3.22. The number of carbonyl (C=O) groups is 2. The minimum atomic E-state index is -0.812. The van der Waals surface area contributed by atoms with E-state index in [1.54, 1.807) is 0 Å². The second-order valence-corrected chi connectivity index (χ2v) is 15.8. The van der Waals surface area contributed by atoms with Crippen molar-refractivity contribution < 1.29 is 24.5 Å². The Morgan fingerprint density at radius 1 is 0.534 bits per heavy atom. The Labute approximate surface area is 357 Å². The van der Waals surface area contributed by atoms with Crippen molar-refractivity contribution in [3.63, 3.8) is 0 Å². The molecule has 0 aliphatic rings. The number of nitrogens with one attached hydrogen (secondary N) is 1. The number of hydrogen-bond donors (Lipinski definition) is 3. The Kier molecular flexibility index (Phi) is 42.8. The first-order valence-electron chi connectivity index (χ1n) is 23.9. The number of rotatable bonds is 41. The van der Waals surface area contributed by atoms with E-state index in [-0.39, 0.29) is 24.9 Å². The number of unbranched alkanes of at least 4 members (excludes halogenated alkanes) is 18. The Morgan fingerprint density at radius 3 is 1.64 bits per heavy atom. The fourth-order valence-electron chi connectivity index (χ4n) is 6.75. The van der Waals surface area contributed by atoms with Gasteiger partial charge in [0.25, 0.3) is 0 Å². The molecule has 0 aromatic rings. The van der Waals surface area contributed by atoms with Gasteiger partial charge >= 0.3 is 5.97 Å². The van der Waals surface area contributed by atoms with Crippen molar-refractivity contribution in [2.24, 2.45) is 0 Å². The normalized spacial score (nSPS) is 14.1. The van der Waals surface area contributed by atoms with Crippen LogP contribution < -0.4 is 5.32 Å². The largest absolute Gasteiger partial charge is 0.462 e. The zero-order valence-corrected chi connectivity index (χ0v) is 37.6. The number of esters is 1. The number of amides is 1. The van der Waals surface area contributed by atoms with Crippen LogP contribution in [0.4, 0.5) is 0 Å². The van der Waals surface area contributed by atoms with E-state index in [1.165, 1.54) is 70.6 Å². The molecule has 0 saturated carbocycles. The van der Waals surface area contributed by atoms with Crippen molar-refractivity contribution in [2.45, 2.75) is 225 Å². The Bertz CT molecular complexity index is 1130. The van der Waals surface area contributed by atoms with Crippen LogP contribution in [-0.2, 0) is 14.3 Å². The highest BCUT2D eigenvalue weighted by molar-refractivity contribution is 5.77. The lowest BCUT2D eigenvalue weighted by Crippen LogP contribution is -2.46.